The van der Waals surface area contributed by atoms with Gasteiger partial charge in [-0.05, 0) is 30.1 Å². The van der Waals surface area contributed by atoms with Gasteiger partial charge in [0.1, 0.15) is 0 Å². The van der Waals surface area contributed by atoms with E-state index in [4.69, 9.17) is 4.99 Å². The van der Waals surface area contributed by atoms with Crippen LogP contribution in [-0.4, -0.2) is 22.7 Å². The Morgan fingerprint density at radius 1 is 1.29 bits per heavy atom. The zero-order valence-corrected chi connectivity index (χ0v) is 11.7. The van der Waals surface area contributed by atoms with Gasteiger partial charge in [-0.1, -0.05) is 44.9 Å². The minimum absolute atomic E-state index is 0.584. The maximum Gasteiger partial charge on any atom is 0.168 e. The summed E-state index contributed by atoms with van der Waals surface area (Å²) < 4.78 is 0. The summed E-state index contributed by atoms with van der Waals surface area (Å²) in [5, 5.41) is 3.56. The molecular formula is C14H22N2S. The van der Waals surface area contributed by atoms with Crippen LogP contribution in [-0.2, 0) is 0 Å². The van der Waals surface area contributed by atoms with Crippen LogP contribution in [0.2, 0.25) is 0 Å². The number of hydrogen-bond acceptors (Lipinski definition) is 3. The molecule has 2 heterocycles. The number of thioether (sulfide) groups is 1. The molecule has 1 fully saturated rings. The van der Waals surface area contributed by atoms with Crippen LogP contribution >= 0.6 is 11.8 Å². The van der Waals surface area contributed by atoms with E-state index < -0.39 is 0 Å². The molecule has 0 bridgehead atoms. The average molecular weight is 250 g/mol. The fourth-order valence-electron chi connectivity index (χ4n) is 3.23. The van der Waals surface area contributed by atoms with Crippen molar-refractivity contribution in [2.75, 3.05) is 6.54 Å². The predicted octanol–water partition coefficient (Wildman–Crippen LogP) is 3.85. The van der Waals surface area contributed by atoms with Crippen LogP contribution < -0.4 is 0 Å². The van der Waals surface area contributed by atoms with E-state index in [2.05, 4.69) is 24.2 Å². The van der Waals surface area contributed by atoms with Crippen LogP contribution in [0.3, 0.4) is 0 Å². The maximum atomic E-state index is 4.96. The summed E-state index contributed by atoms with van der Waals surface area (Å²) in [4.78, 5) is 7.43. The highest BCUT2D eigenvalue weighted by molar-refractivity contribution is 8.16. The van der Waals surface area contributed by atoms with Crippen molar-refractivity contribution in [2.45, 2.75) is 52.0 Å². The number of aliphatic imine (C=N–C) groups is 1. The highest BCUT2D eigenvalue weighted by Crippen LogP contribution is 2.38. The number of nitrogens with zero attached hydrogens (tertiary/aromatic N) is 2. The molecular weight excluding hydrogens is 228 g/mol. The summed E-state index contributed by atoms with van der Waals surface area (Å²) in [6.45, 7) is 5.71. The molecule has 17 heavy (non-hydrogen) atoms. The largest absolute Gasteiger partial charge is 0.322 e. The molecule has 2 aliphatic heterocycles. The van der Waals surface area contributed by atoms with Crippen molar-refractivity contribution in [3.63, 3.8) is 0 Å². The van der Waals surface area contributed by atoms with Crippen LogP contribution in [0.15, 0.2) is 16.1 Å². The van der Waals surface area contributed by atoms with Crippen LogP contribution in [0.1, 0.15) is 46.0 Å². The van der Waals surface area contributed by atoms with Crippen LogP contribution in [0, 0.1) is 11.8 Å². The zero-order chi connectivity index (χ0) is 11.8. The molecule has 0 aromatic heterocycles. The van der Waals surface area contributed by atoms with Gasteiger partial charge in [-0.3, -0.25) is 4.99 Å². The minimum Gasteiger partial charge on any atom is -0.322 e. The first-order valence-electron chi connectivity index (χ1n) is 6.98. The molecule has 3 rings (SSSR count). The molecule has 0 radical (unpaired) electrons. The fourth-order valence-corrected chi connectivity index (χ4v) is 4.35. The first-order valence-corrected chi connectivity index (χ1v) is 7.85. The lowest BCUT2D eigenvalue weighted by molar-refractivity contribution is 0.291. The highest BCUT2D eigenvalue weighted by atomic mass is 32.2. The zero-order valence-electron chi connectivity index (χ0n) is 10.9. The standard InChI is InChI=1S/C14H22N2S/c1-10(2)13-9-17-14-15-12(8-16(13)14)11-6-4-3-5-7-11/h9-12H,3-8H2,1-2H3. The van der Waals surface area contributed by atoms with Crippen molar-refractivity contribution < 1.29 is 0 Å². The van der Waals surface area contributed by atoms with Crippen molar-refractivity contribution in [2.24, 2.45) is 16.8 Å². The van der Waals surface area contributed by atoms with Gasteiger partial charge in [0.15, 0.2) is 5.17 Å². The van der Waals surface area contributed by atoms with E-state index in [1.807, 2.05) is 11.8 Å². The van der Waals surface area contributed by atoms with Gasteiger partial charge in [0.2, 0.25) is 0 Å². The second-order valence-electron chi connectivity index (χ2n) is 5.80. The van der Waals surface area contributed by atoms with E-state index in [1.165, 1.54) is 43.0 Å². The Kier molecular flexibility index (Phi) is 3.20. The Labute approximate surface area is 109 Å². The molecule has 1 unspecified atom stereocenters. The van der Waals surface area contributed by atoms with E-state index in [0.29, 0.717) is 12.0 Å². The molecule has 1 aliphatic carbocycles. The van der Waals surface area contributed by atoms with Crippen molar-refractivity contribution in [3.8, 4) is 0 Å². The maximum absolute atomic E-state index is 4.96. The van der Waals surface area contributed by atoms with E-state index >= 15 is 0 Å². The Morgan fingerprint density at radius 3 is 2.76 bits per heavy atom. The number of amidine groups is 1. The van der Waals surface area contributed by atoms with Crippen LogP contribution in [0.4, 0.5) is 0 Å². The molecule has 0 aromatic carbocycles. The molecule has 3 heteroatoms. The minimum atomic E-state index is 0.584. The molecule has 1 saturated carbocycles. The monoisotopic (exact) mass is 250 g/mol. The van der Waals surface area contributed by atoms with Crippen molar-refractivity contribution in [3.05, 3.63) is 11.1 Å². The van der Waals surface area contributed by atoms with E-state index in [1.54, 1.807) is 0 Å². The second kappa shape index (κ2) is 4.68. The Bertz CT molecular complexity index is 353. The lowest BCUT2D eigenvalue weighted by Gasteiger charge is -2.27. The molecule has 2 nitrogen and oxygen atoms in total. The quantitative estimate of drug-likeness (QED) is 0.739. The SMILES string of the molecule is CC(C)C1=CSC2=NC(C3CCCCC3)CN12. The summed E-state index contributed by atoms with van der Waals surface area (Å²) >= 11 is 1.83. The topological polar surface area (TPSA) is 15.6 Å². The van der Waals surface area contributed by atoms with E-state index in [-0.39, 0.29) is 0 Å². The summed E-state index contributed by atoms with van der Waals surface area (Å²) in [6.07, 6.45) is 7.09. The molecule has 94 valence electrons. The van der Waals surface area contributed by atoms with Crippen molar-refractivity contribution >= 4 is 16.9 Å². The summed E-state index contributed by atoms with van der Waals surface area (Å²) in [6, 6.07) is 0.584. The first-order chi connectivity index (χ1) is 8.25. The van der Waals surface area contributed by atoms with Gasteiger partial charge in [-0.15, -0.1) is 0 Å². The van der Waals surface area contributed by atoms with Gasteiger partial charge in [0.25, 0.3) is 0 Å². The molecule has 1 atom stereocenters. The first kappa shape index (κ1) is 11.6. The van der Waals surface area contributed by atoms with Gasteiger partial charge in [0, 0.05) is 12.2 Å². The average Bonchev–Trinajstić information content (AvgIpc) is 2.88. The van der Waals surface area contributed by atoms with Gasteiger partial charge < -0.3 is 4.90 Å². The van der Waals surface area contributed by atoms with Crippen LogP contribution in [0.5, 0.6) is 0 Å². The molecule has 0 amide bonds. The van der Waals surface area contributed by atoms with Gasteiger partial charge in [-0.2, -0.15) is 0 Å². The van der Waals surface area contributed by atoms with E-state index in [0.717, 1.165) is 12.5 Å². The summed E-state index contributed by atoms with van der Waals surface area (Å²) in [5.41, 5.74) is 1.48. The van der Waals surface area contributed by atoms with Crippen molar-refractivity contribution in [1.29, 1.82) is 0 Å². The van der Waals surface area contributed by atoms with Gasteiger partial charge >= 0.3 is 0 Å². The normalized spacial score (nSPS) is 29.6. The molecule has 3 aliphatic rings. The molecule has 0 saturated heterocycles. The number of hydrogen-bond donors (Lipinski definition) is 0. The second-order valence-corrected chi connectivity index (χ2v) is 6.64. The smallest absolute Gasteiger partial charge is 0.168 e. The molecule has 0 aromatic rings. The third-order valence-corrected chi connectivity index (χ3v) is 5.16. The van der Waals surface area contributed by atoms with Crippen molar-refractivity contribution in [1.82, 2.24) is 4.90 Å². The highest BCUT2D eigenvalue weighted by Gasteiger charge is 2.36. The third kappa shape index (κ3) is 2.14. The molecule has 0 N–H and O–H groups in total. The third-order valence-electron chi connectivity index (χ3n) is 4.26. The molecule has 0 spiro atoms. The number of allylic oxidation sites excluding steroid dienone is 1. The Hall–Kier alpha value is -0.440. The van der Waals surface area contributed by atoms with Crippen LogP contribution in [0.25, 0.3) is 0 Å². The summed E-state index contributed by atoms with van der Waals surface area (Å²) in [7, 11) is 0. The predicted molar refractivity (Wildman–Crippen MR) is 75.0 cm³/mol. The van der Waals surface area contributed by atoms with E-state index in [9.17, 15) is 0 Å². The van der Waals surface area contributed by atoms with Gasteiger partial charge in [0.05, 0.1) is 6.04 Å². The lowest BCUT2D eigenvalue weighted by Crippen LogP contribution is -2.30. The lowest BCUT2D eigenvalue weighted by atomic mass is 9.84. The number of fused-ring (bicyclic) bond motifs is 1. The Morgan fingerprint density at radius 2 is 2.06 bits per heavy atom. The van der Waals surface area contributed by atoms with Gasteiger partial charge in [-0.25, -0.2) is 0 Å². The Balaban J connectivity index is 1.68. The fraction of sp³-hybridized carbons (Fsp3) is 0.786. The number of rotatable bonds is 2. The summed E-state index contributed by atoms with van der Waals surface area (Å²) in [5.74, 6) is 1.48.